The van der Waals surface area contributed by atoms with Crippen molar-refractivity contribution in [3.8, 4) is 0 Å². The molecule has 6 heteroatoms. The lowest BCUT2D eigenvalue weighted by atomic mass is 10.1. The minimum Gasteiger partial charge on any atom is -0.383 e. The maximum Gasteiger partial charge on any atom is 0.257 e. The van der Waals surface area contributed by atoms with Gasteiger partial charge in [-0.1, -0.05) is 25.1 Å². The number of amides is 1. The van der Waals surface area contributed by atoms with Crippen LogP contribution in [0.25, 0.3) is 5.57 Å². The maximum atomic E-state index is 14.4. The van der Waals surface area contributed by atoms with Crippen molar-refractivity contribution in [1.29, 1.82) is 0 Å². The van der Waals surface area contributed by atoms with E-state index in [-0.39, 0.29) is 17.8 Å². The fourth-order valence-corrected chi connectivity index (χ4v) is 2.84. The van der Waals surface area contributed by atoms with Crippen LogP contribution >= 0.6 is 0 Å². The van der Waals surface area contributed by atoms with Gasteiger partial charge in [-0.05, 0) is 30.7 Å². The largest absolute Gasteiger partial charge is 0.383 e. The Bertz CT molecular complexity index is 836. The van der Waals surface area contributed by atoms with Crippen LogP contribution in [0.15, 0.2) is 48.7 Å². The Kier molecular flexibility index (Phi) is 5.53. The van der Waals surface area contributed by atoms with Crippen LogP contribution in [0, 0.1) is 5.82 Å². The number of hydrogen-bond acceptors (Lipinski definition) is 4. The molecule has 2 aromatic rings. The molecule has 1 amide bonds. The summed E-state index contributed by atoms with van der Waals surface area (Å²) < 4.78 is 19.5. The van der Waals surface area contributed by atoms with Crippen molar-refractivity contribution in [2.24, 2.45) is 0 Å². The number of benzene rings is 2. The average molecular weight is 355 g/mol. The number of carbonyl (C=O) groups excluding carboxylic acids is 1. The lowest BCUT2D eigenvalue weighted by molar-refractivity contribution is -0.110. The van der Waals surface area contributed by atoms with Gasteiger partial charge in [0, 0.05) is 36.3 Å². The molecule has 1 aliphatic rings. The molecule has 1 unspecified atom stereocenters. The van der Waals surface area contributed by atoms with Crippen molar-refractivity contribution >= 4 is 28.5 Å². The first-order valence-corrected chi connectivity index (χ1v) is 8.55. The van der Waals surface area contributed by atoms with E-state index in [4.69, 9.17) is 4.74 Å². The molecule has 1 atom stereocenters. The summed E-state index contributed by atoms with van der Waals surface area (Å²) in [5, 5.41) is 8.94. The Balaban J connectivity index is 1.73. The summed E-state index contributed by atoms with van der Waals surface area (Å²) in [4.78, 5) is 12.1. The molecular formula is C20H22FN3O2. The molecule has 26 heavy (non-hydrogen) atoms. The fraction of sp³-hybridized carbons (Fsp3) is 0.250. The zero-order chi connectivity index (χ0) is 18.5. The van der Waals surface area contributed by atoms with Gasteiger partial charge in [0.2, 0.25) is 0 Å². The molecule has 1 aliphatic heterocycles. The number of fused-ring (bicyclic) bond motifs is 1. The molecule has 3 N–H and O–H groups in total. The third-order valence-electron chi connectivity index (χ3n) is 4.28. The number of halogens is 1. The molecule has 0 saturated heterocycles. The number of para-hydroxylation sites is 1. The van der Waals surface area contributed by atoms with Crippen molar-refractivity contribution < 1.29 is 13.9 Å². The highest BCUT2D eigenvalue weighted by Crippen LogP contribution is 2.31. The van der Waals surface area contributed by atoms with Crippen LogP contribution in [0.5, 0.6) is 0 Å². The summed E-state index contributed by atoms with van der Waals surface area (Å²) >= 11 is 0. The van der Waals surface area contributed by atoms with Crippen molar-refractivity contribution in [3.05, 3.63) is 60.0 Å². The van der Waals surface area contributed by atoms with Gasteiger partial charge < -0.3 is 20.7 Å². The first-order valence-electron chi connectivity index (χ1n) is 8.55. The van der Waals surface area contributed by atoms with Gasteiger partial charge in [-0.2, -0.15) is 0 Å². The number of hydrogen-bond donors (Lipinski definition) is 3. The van der Waals surface area contributed by atoms with Gasteiger partial charge in [-0.25, -0.2) is 4.39 Å². The van der Waals surface area contributed by atoms with Gasteiger partial charge in [0.1, 0.15) is 5.82 Å². The quantitative estimate of drug-likeness (QED) is 0.655. The summed E-state index contributed by atoms with van der Waals surface area (Å²) in [5.74, 6) is -0.540. The average Bonchev–Trinajstić information content (AvgIpc) is 2.96. The van der Waals surface area contributed by atoms with Crippen LogP contribution < -0.4 is 16.0 Å². The van der Waals surface area contributed by atoms with Crippen LogP contribution in [0.2, 0.25) is 0 Å². The van der Waals surface area contributed by atoms with Crippen molar-refractivity contribution in [3.63, 3.8) is 0 Å². The predicted octanol–water partition coefficient (Wildman–Crippen LogP) is 4.07. The van der Waals surface area contributed by atoms with E-state index in [0.29, 0.717) is 23.6 Å². The molecule has 3 rings (SSSR count). The molecule has 0 saturated carbocycles. The maximum absolute atomic E-state index is 14.4. The molecular weight excluding hydrogens is 333 g/mol. The Labute approximate surface area is 152 Å². The van der Waals surface area contributed by atoms with Crippen LogP contribution in [-0.4, -0.2) is 25.7 Å². The van der Waals surface area contributed by atoms with Gasteiger partial charge in [0.15, 0.2) is 0 Å². The van der Waals surface area contributed by atoms with Gasteiger partial charge in [0.05, 0.1) is 17.9 Å². The third kappa shape index (κ3) is 3.86. The van der Waals surface area contributed by atoms with Gasteiger partial charge >= 0.3 is 0 Å². The Morgan fingerprint density at radius 2 is 2.08 bits per heavy atom. The molecule has 0 bridgehead atoms. The first-order chi connectivity index (χ1) is 12.6. The Morgan fingerprint density at radius 3 is 2.81 bits per heavy atom. The summed E-state index contributed by atoms with van der Waals surface area (Å²) in [5.41, 5.74) is 3.12. The van der Waals surface area contributed by atoms with E-state index in [1.54, 1.807) is 25.4 Å². The van der Waals surface area contributed by atoms with Crippen LogP contribution in [0.3, 0.4) is 0 Å². The minimum atomic E-state index is -0.362. The van der Waals surface area contributed by atoms with Crippen molar-refractivity contribution in [1.82, 2.24) is 0 Å². The lowest BCUT2D eigenvalue weighted by Crippen LogP contribution is -2.24. The van der Waals surface area contributed by atoms with E-state index in [9.17, 15) is 9.18 Å². The first kappa shape index (κ1) is 17.9. The Hall–Kier alpha value is -2.86. The van der Waals surface area contributed by atoms with E-state index < -0.39 is 0 Å². The molecule has 0 fully saturated rings. The van der Waals surface area contributed by atoms with E-state index >= 15 is 0 Å². The summed E-state index contributed by atoms with van der Waals surface area (Å²) in [6, 6.07) is 12.3. The number of methoxy groups -OCH3 is 1. The summed E-state index contributed by atoms with van der Waals surface area (Å²) in [7, 11) is 1.62. The molecule has 0 aromatic heterocycles. The zero-order valence-corrected chi connectivity index (χ0v) is 14.8. The standard InChI is InChI=1S/C20H22FN3O2/c1-3-13(12-26-2)23-19-9-8-14(10-17(19)21)22-11-16-15-6-4-5-7-18(15)24-20(16)25/h4-11,13,22-23H,3,12H2,1-2H3,(H,24,25). The summed E-state index contributed by atoms with van der Waals surface area (Å²) in [6.07, 6.45) is 2.43. The van der Waals surface area contributed by atoms with Crippen molar-refractivity contribution in [2.75, 3.05) is 29.7 Å². The molecule has 0 radical (unpaired) electrons. The number of carbonyl (C=O) groups is 1. The minimum absolute atomic E-state index is 0.0501. The van der Waals surface area contributed by atoms with Gasteiger partial charge in [0.25, 0.3) is 5.91 Å². The normalized spacial score (nSPS) is 15.5. The molecule has 2 aromatic carbocycles. The van der Waals surface area contributed by atoms with Crippen molar-refractivity contribution in [2.45, 2.75) is 19.4 Å². The molecule has 0 spiro atoms. The highest BCUT2D eigenvalue weighted by Gasteiger charge is 2.23. The van der Waals surface area contributed by atoms with Gasteiger partial charge in [-0.15, -0.1) is 0 Å². The number of ether oxygens (including phenoxy) is 1. The Morgan fingerprint density at radius 1 is 1.27 bits per heavy atom. The van der Waals surface area contributed by atoms with E-state index in [0.717, 1.165) is 17.7 Å². The highest BCUT2D eigenvalue weighted by molar-refractivity contribution is 6.31. The summed E-state index contributed by atoms with van der Waals surface area (Å²) in [6.45, 7) is 2.53. The van der Waals surface area contributed by atoms with Gasteiger partial charge in [-0.3, -0.25) is 4.79 Å². The van der Waals surface area contributed by atoms with E-state index in [1.165, 1.54) is 6.07 Å². The monoisotopic (exact) mass is 355 g/mol. The number of nitrogens with one attached hydrogen (secondary N) is 3. The molecule has 0 aliphatic carbocycles. The van der Waals surface area contributed by atoms with E-state index in [1.807, 2.05) is 31.2 Å². The predicted molar refractivity (Wildman–Crippen MR) is 103 cm³/mol. The molecule has 1 heterocycles. The van der Waals surface area contributed by atoms with Crippen LogP contribution in [0.4, 0.5) is 21.5 Å². The number of rotatable bonds is 7. The zero-order valence-electron chi connectivity index (χ0n) is 14.8. The second-order valence-electron chi connectivity index (χ2n) is 6.10. The van der Waals surface area contributed by atoms with Crippen LogP contribution in [-0.2, 0) is 9.53 Å². The van der Waals surface area contributed by atoms with Crippen LogP contribution in [0.1, 0.15) is 18.9 Å². The SMILES string of the molecule is CCC(COC)Nc1ccc(NC=C2C(=O)Nc3ccccc32)cc1F. The third-order valence-corrected chi connectivity index (χ3v) is 4.28. The van der Waals surface area contributed by atoms with E-state index in [2.05, 4.69) is 16.0 Å². The highest BCUT2D eigenvalue weighted by atomic mass is 19.1. The topological polar surface area (TPSA) is 62.4 Å². The lowest BCUT2D eigenvalue weighted by Gasteiger charge is -2.18. The molecule has 5 nitrogen and oxygen atoms in total. The number of anilines is 3. The molecule has 136 valence electrons. The smallest absolute Gasteiger partial charge is 0.257 e. The second kappa shape index (κ2) is 8.01. The second-order valence-corrected chi connectivity index (χ2v) is 6.10. The fourth-order valence-electron chi connectivity index (χ4n) is 2.84.